The molecular weight excluding hydrogens is 328 g/mol. The summed E-state index contributed by atoms with van der Waals surface area (Å²) in [6.45, 7) is 0. The molecule has 0 atom stereocenters. The number of fused-ring (bicyclic) bond motifs is 4. The minimum atomic E-state index is 0.996. The molecule has 5 rings (SSSR count). The molecule has 0 fully saturated rings. The van der Waals surface area contributed by atoms with Crippen molar-refractivity contribution in [2.45, 2.75) is 9.79 Å². The minimum Gasteiger partial charge on any atom is -0.143 e. The molecule has 0 unspecified atom stereocenters. The lowest BCUT2D eigenvalue weighted by atomic mass is 9.97. The molecule has 0 saturated heterocycles. The molecule has 0 saturated carbocycles. The third-order valence-electron chi connectivity index (χ3n) is 4.67. The number of rotatable bonds is 0. The molecular formula is C22H14S2. The Kier molecular flexibility index (Phi) is 3.06. The highest BCUT2D eigenvalue weighted by molar-refractivity contribution is 7.80. The molecule has 0 radical (unpaired) electrons. The van der Waals surface area contributed by atoms with Crippen molar-refractivity contribution in [3.63, 3.8) is 0 Å². The second-order valence-electron chi connectivity index (χ2n) is 6.31. The van der Waals surface area contributed by atoms with Crippen LogP contribution in [0.4, 0.5) is 0 Å². The molecule has 5 aromatic rings. The van der Waals surface area contributed by atoms with E-state index in [-0.39, 0.29) is 0 Å². The monoisotopic (exact) mass is 342 g/mol. The van der Waals surface area contributed by atoms with Crippen molar-refractivity contribution >= 4 is 68.3 Å². The summed E-state index contributed by atoms with van der Waals surface area (Å²) in [7, 11) is 0. The van der Waals surface area contributed by atoms with Gasteiger partial charge in [-0.15, -0.1) is 25.3 Å². The standard InChI is InChI=1S/C22H14S2/c23-21-3-1-13-5-15-7-18-10-20-12-22(24)4-2-14(20)6-16(18)8-17(15)9-19(13)11-21/h1-12,23-24H. The predicted octanol–water partition coefficient (Wildman–Crippen LogP) is 6.88. The molecule has 114 valence electrons. The number of hydrogen-bond acceptors (Lipinski definition) is 2. The van der Waals surface area contributed by atoms with Gasteiger partial charge in [0.15, 0.2) is 0 Å². The molecule has 0 aliphatic rings. The molecule has 0 nitrogen and oxygen atoms in total. The molecule has 2 heteroatoms. The van der Waals surface area contributed by atoms with Crippen LogP contribution in [0.2, 0.25) is 0 Å². The van der Waals surface area contributed by atoms with Crippen molar-refractivity contribution in [1.29, 1.82) is 0 Å². The van der Waals surface area contributed by atoms with Crippen LogP contribution in [0.5, 0.6) is 0 Å². The van der Waals surface area contributed by atoms with Crippen LogP contribution >= 0.6 is 25.3 Å². The molecule has 0 aliphatic carbocycles. The molecule has 0 bridgehead atoms. The zero-order valence-electron chi connectivity index (χ0n) is 12.8. The van der Waals surface area contributed by atoms with E-state index in [1.54, 1.807) is 0 Å². The summed E-state index contributed by atoms with van der Waals surface area (Å²) >= 11 is 8.91. The highest BCUT2D eigenvalue weighted by atomic mass is 32.1. The topological polar surface area (TPSA) is 0 Å². The predicted molar refractivity (Wildman–Crippen MR) is 111 cm³/mol. The first-order valence-electron chi connectivity index (χ1n) is 7.89. The normalized spacial score (nSPS) is 11.8. The van der Waals surface area contributed by atoms with Crippen LogP contribution in [0.3, 0.4) is 0 Å². The van der Waals surface area contributed by atoms with E-state index in [2.05, 4.69) is 85.9 Å². The largest absolute Gasteiger partial charge is 0.143 e. The van der Waals surface area contributed by atoms with Gasteiger partial charge in [-0.25, -0.2) is 0 Å². The molecule has 5 aromatic carbocycles. The Morgan fingerprint density at radius 1 is 0.333 bits per heavy atom. The summed E-state index contributed by atoms with van der Waals surface area (Å²) in [6, 6.07) is 26.2. The molecule has 0 N–H and O–H groups in total. The maximum absolute atomic E-state index is 4.46. The molecule has 0 aliphatic heterocycles. The second kappa shape index (κ2) is 5.17. The third kappa shape index (κ3) is 2.26. The highest BCUT2D eigenvalue weighted by Crippen LogP contribution is 2.31. The fraction of sp³-hybridized carbons (Fsp3) is 0. The Morgan fingerprint density at radius 3 is 1.00 bits per heavy atom. The highest BCUT2D eigenvalue weighted by Gasteiger charge is 2.04. The molecule has 0 amide bonds. The van der Waals surface area contributed by atoms with Gasteiger partial charge in [0.2, 0.25) is 0 Å². The number of hydrogen-bond donors (Lipinski definition) is 2. The van der Waals surface area contributed by atoms with Crippen molar-refractivity contribution in [2.75, 3.05) is 0 Å². The quantitative estimate of drug-likeness (QED) is 0.222. The number of benzene rings is 5. The van der Waals surface area contributed by atoms with E-state index >= 15 is 0 Å². The van der Waals surface area contributed by atoms with Crippen LogP contribution < -0.4 is 0 Å². The van der Waals surface area contributed by atoms with Crippen molar-refractivity contribution in [3.8, 4) is 0 Å². The number of thiol groups is 2. The first-order valence-corrected chi connectivity index (χ1v) is 8.78. The Morgan fingerprint density at radius 2 is 0.625 bits per heavy atom. The van der Waals surface area contributed by atoms with Gasteiger partial charge in [0.1, 0.15) is 0 Å². The summed E-state index contributed by atoms with van der Waals surface area (Å²) in [5.41, 5.74) is 0. The summed E-state index contributed by atoms with van der Waals surface area (Å²) in [5, 5.41) is 10.0. The van der Waals surface area contributed by atoms with Crippen molar-refractivity contribution in [1.82, 2.24) is 0 Å². The Hall–Kier alpha value is -2.16. The Labute approximate surface area is 150 Å². The fourth-order valence-corrected chi connectivity index (χ4v) is 3.90. The smallest absolute Gasteiger partial charge is 0.00463 e. The van der Waals surface area contributed by atoms with Crippen LogP contribution in [0.25, 0.3) is 43.1 Å². The van der Waals surface area contributed by atoms with Crippen LogP contribution in [-0.4, -0.2) is 0 Å². The van der Waals surface area contributed by atoms with E-state index < -0.39 is 0 Å². The van der Waals surface area contributed by atoms with Crippen LogP contribution in [0.15, 0.2) is 82.6 Å². The first-order chi connectivity index (χ1) is 11.7. The van der Waals surface area contributed by atoms with E-state index in [0.717, 1.165) is 9.79 Å². The van der Waals surface area contributed by atoms with E-state index in [0.29, 0.717) is 0 Å². The molecule has 24 heavy (non-hydrogen) atoms. The van der Waals surface area contributed by atoms with Gasteiger partial charge in [-0.3, -0.25) is 0 Å². The minimum absolute atomic E-state index is 0.996. The first kappa shape index (κ1) is 14.2. The van der Waals surface area contributed by atoms with Gasteiger partial charge in [-0.2, -0.15) is 0 Å². The van der Waals surface area contributed by atoms with E-state index in [1.165, 1.54) is 43.1 Å². The van der Waals surface area contributed by atoms with Gasteiger partial charge in [0, 0.05) is 9.79 Å². The Bertz CT molecular complexity index is 1170. The fourth-order valence-electron chi connectivity index (χ4n) is 3.48. The lowest BCUT2D eigenvalue weighted by molar-refractivity contribution is 1.53. The molecule has 0 heterocycles. The molecule has 0 aromatic heterocycles. The van der Waals surface area contributed by atoms with Crippen molar-refractivity contribution in [3.05, 3.63) is 72.8 Å². The van der Waals surface area contributed by atoms with Gasteiger partial charge in [0.05, 0.1) is 0 Å². The van der Waals surface area contributed by atoms with Crippen LogP contribution in [0, 0.1) is 0 Å². The maximum atomic E-state index is 4.46. The Balaban J connectivity index is 1.88. The summed E-state index contributed by atoms with van der Waals surface area (Å²) < 4.78 is 0. The van der Waals surface area contributed by atoms with Crippen LogP contribution in [-0.2, 0) is 0 Å². The van der Waals surface area contributed by atoms with Gasteiger partial charge in [-0.1, -0.05) is 12.1 Å². The van der Waals surface area contributed by atoms with Gasteiger partial charge in [0.25, 0.3) is 0 Å². The molecule has 0 spiro atoms. The summed E-state index contributed by atoms with van der Waals surface area (Å²) in [6.07, 6.45) is 0. The SMILES string of the molecule is Sc1ccc2cc3cc4cc5cc(S)ccc5cc4cc3cc2c1. The van der Waals surface area contributed by atoms with Gasteiger partial charge in [-0.05, 0) is 104 Å². The summed E-state index contributed by atoms with van der Waals surface area (Å²) in [5.74, 6) is 0. The lowest BCUT2D eigenvalue weighted by Crippen LogP contribution is -1.81. The van der Waals surface area contributed by atoms with Crippen molar-refractivity contribution < 1.29 is 0 Å². The summed E-state index contributed by atoms with van der Waals surface area (Å²) in [4.78, 5) is 1.99. The van der Waals surface area contributed by atoms with Gasteiger partial charge >= 0.3 is 0 Å². The third-order valence-corrected chi connectivity index (χ3v) is 5.23. The maximum Gasteiger partial charge on any atom is 0.00463 e. The van der Waals surface area contributed by atoms with E-state index in [4.69, 9.17) is 0 Å². The zero-order chi connectivity index (χ0) is 16.3. The lowest BCUT2D eigenvalue weighted by Gasteiger charge is -2.08. The zero-order valence-corrected chi connectivity index (χ0v) is 14.6. The van der Waals surface area contributed by atoms with Gasteiger partial charge < -0.3 is 0 Å². The van der Waals surface area contributed by atoms with Crippen molar-refractivity contribution in [2.24, 2.45) is 0 Å². The average Bonchev–Trinajstić information content (AvgIpc) is 2.56. The van der Waals surface area contributed by atoms with E-state index in [9.17, 15) is 0 Å². The van der Waals surface area contributed by atoms with Crippen LogP contribution in [0.1, 0.15) is 0 Å². The van der Waals surface area contributed by atoms with E-state index in [1.807, 2.05) is 12.1 Å². The second-order valence-corrected chi connectivity index (χ2v) is 7.35. The average molecular weight is 342 g/mol.